The van der Waals surface area contributed by atoms with Crippen LogP contribution >= 0.6 is 22.6 Å². The number of rotatable bonds is 3. The van der Waals surface area contributed by atoms with E-state index in [1.54, 1.807) is 0 Å². The van der Waals surface area contributed by atoms with E-state index in [1.165, 1.54) is 19.4 Å². The molecule has 1 heterocycles. The summed E-state index contributed by atoms with van der Waals surface area (Å²) in [7, 11) is 0. The second kappa shape index (κ2) is 4.80. The monoisotopic (exact) mass is 263 g/mol. The van der Waals surface area contributed by atoms with Crippen LogP contribution in [0.15, 0.2) is 24.4 Å². The fourth-order valence-corrected chi connectivity index (χ4v) is 1.75. The van der Waals surface area contributed by atoms with Crippen LogP contribution in [0.5, 0.6) is 0 Å². The van der Waals surface area contributed by atoms with Gasteiger partial charge in [0, 0.05) is 12.7 Å². The lowest BCUT2D eigenvalue weighted by atomic mass is 10.3. The molecule has 0 aromatic rings. The molecule has 1 unspecified atom stereocenters. The van der Waals surface area contributed by atoms with E-state index < -0.39 is 0 Å². The Kier molecular flexibility index (Phi) is 3.97. The van der Waals surface area contributed by atoms with Crippen LogP contribution < -0.4 is 0 Å². The Bertz CT molecular complexity index is 163. The summed E-state index contributed by atoms with van der Waals surface area (Å²) in [5.74, 6) is 0. The average Bonchev–Trinajstić information content (AvgIpc) is 2.03. The number of hydrogen-bond donors (Lipinski definition) is 0. The van der Waals surface area contributed by atoms with Crippen LogP contribution in [0.2, 0.25) is 0 Å². The van der Waals surface area contributed by atoms with Crippen molar-refractivity contribution in [3.63, 3.8) is 0 Å². The highest BCUT2D eigenvalue weighted by molar-refractivity contribution is 14.1. The van der Waals surface area contributed by atoms with Crippen molar-refractivity contribution >= 4 is 22.6 Å². The number of alkyl halides is 1. The van der Waals surface area contributed by atoms with Gasteiger partial charge in [-0.15, -0.1) is 0 Å². The number of allylic oxidation sites excluding steroid dienone is 2. The molecule has 11 heavy (non-hydrogen) atoms. The summed E-state index contributed by atoms with van der Waals surface area (Å²) in [4.78, 5) is 2.37. The zero-order valence-electron chi connectivity index (χ0n) is 6.83. The first-order chi connectivity index (χ1) is 5.34. The lowest BCUT2D eigenvalue weighted by molar-refractivity contribution is 0.388. The first-order valence-electron chi connectivity index (χ1n) is 4.09. The molecule has 0 amide bonds. The molecule has 0 aliphatic carbocycles. The maximum Gasteiger partial charge on any atom is 0.0990 e. The fraction of sp³-hybridized carbons (Fsp3) is 0.556. The Hall–Kier alpha value is 0.01000. The van der Waals surface area contributed by atoms with Crippen LogP contribution in [0.3, 0.4) is 0 Å². The molecule has 0 aromatic heterocycles. The van der Waals surface area contributed by atoms with Gasteiger partial charge in [-0.1, -0.05) is 48.1 Å². The molecule has 0 N–H and O–H groups in total. The molecule has 1 rings (SSSR count). The average molecular weight is 263 g/mol. The van der Waals surface area contributed by atoms with Gasteiger partial charge in [0.05, 0.1) is 4.05 Å². The maximum absolute atomic E-state index is 2.45. The van der Waals surface area contributed by atoms with Gasteiger partial charge in [-0.2, -0.15) is 0 Å². The smallest absolute Gasteiger partial charge is 0.0990 e. The molecule has 0 spiro atoms. The number of nitrogens with zero attached hydrogens (tertiary/aromatic N) is 1. The third kappa shape index (κ3) is 2.85. The molecular weight excluding hydrogens is 249 g/mol. The summed E-state index contributed by atoms with van der Waals surface area (Å²) < 4.78 is 0.559. The number of hydrogen-bond acceptors (Lipinski definition) is 1. The second-order valence-electron chi connectivity index (χ2n) is 2.69. The lowest BCUT2D eigenvalue weighted by Gasteiger charge is -2.25. The largest absolute Gasteiger partial charge is 0.362 e. The molecule has 1 aliphatic rings. The van der Waals surface area contributed by atoms with E-state index in [-0.39, 0.29) is 0 Å². The Morgan fingerprint density at radius 1 is 1.45 bits per heavy atom. The van der Waals surface area contributed by atoms with Gasteiger partial charge in [0.15, 0.2) is 0 Å². The van der Waals surface area contributed by atoms with Crippen LogP contribution in [0.4, 0.5) is 0 Å². The fourth-order valence-electron chi connectivity index (χ4n) is 1.05. The standard InChI is InChI=1S/C9H14IN/c1-2-3-7-11-8-5-4-6-9(11)10/h4-6,8-9H,2-3,7H2,1H3. The predicted molar refractivity (Wildman–Crippen MR) is 57.7 cm³/mol. The molecule has 0 aromatic carbocycles. The van der Waals surface area contributed by atoms with Gasteiger partial charge >= 0.3 is 0 Å². The molecule has 0 saturated heterocycles. The molecule has 0 bridgehead atoms. The van der Waals surface area contributed by atoms with Crippen LogP contribution in [-0.2, 0) is 0 Å². The van der Waals surface area contributed by atoms with Gasteiger partial charge in [0.2, 0.25) is 0 Å². The van der Waals surface area contributed by atoms with Gasteiger partial charge in [0.25, 0.3) is 0 Å². The molecular formula is C9H14IN. The van der Waals surface area contributed by atoms with Crippen LogP contribution in [0.1, 0.15) is 19.8 Å². The van der Waals surface area contributed by atoms with Gasteiger partial charge < -0.3 is 4.90 Å². The molecule has 1 atom stereocenters. The minimum atomic E-state index is 0.559. The summed E-state index contributed by atoms with van der Waals surface area (Å²) in [5.41, 5.74) is 0. The van der Waals surface area contributed by atoms with Crippen molar-refractivity contribution in [1.82, 2.24) is 4.90 Å². The highest BCUT2D eigenvalue weighted by Gasteiger charge is 2.08. The Morgan fingerprint density at radius 3 is 2.91 bits per heavy atom. The minimum Gasteiger partial charge on any atom is -0.362 e. The molecule has 0 fully saturated rings. The SMILES string of the molecule is CCCCN1C=CC=CC1I. The first-order valence-corrected chi connectivity index (χ1v) is 5.34. The van der Waals surface area contributed by atoms with Crippen molar-refractivity contribution in [3.05, 3.63) is 24.4 Å². The zero-order chi connectivity index (χ0) is 8.10. The molecule has 0 radical (unpaired) electrons. The Balaban J connectivity index is 2.33. The maximum atomic E-state index is 2.45. The topological polar surface area (TPSA) is 3.24 Å². The first kappa shape index (κ1) is 9.10. The van der Waals surface area contributed by atoms with E-state index in [2.05, 4.69) is 58.8 Å². The third-order valence-electron chi connectivity index (χ3n) is 1.75. The highest BCUT2D eigenvalue weighted by atomic mass is 127. The number of halogens is 1. The quantitative estimate of drug-likeness (QED) is 0.430. The zero-order valence-corrected chi connectivity index (χ0v) is 8.99. The van der Waals surface area contributed by atoms with Crippen molar-refractivity contribution in [2.24, 2.45) is 0 Å². The Labute approximate surface area is 82.3 Å². The van der Waals surface area contributed by atoms with Gasteiger partial charge in [-0.05, 0) is 12.5 Å². The van der Waals surface area contributed by atoms with Crippen molar-refractivity contribution in [2.45, 2.75) is 23.8 Å². The molecule has 2 heteroatoms. The highest BCUT2D eigenvalue weighted by Crippen LogP contribution is 2.15. The van der Waals surface area contributed by atoms with Crippen molar-refractivity contribution in [3.8, 4) is 0 Å². The molecule has 62 valence electrons. The van der Waals surface area contributed by atoms with E-state index >= 15 is 0 Å². The van der Waals surface area contributed by atoms with E-state index in [9.17, 15) is 0 Å². The minimum absolute atomic E-state index is 0.559. The third-order valence-corrected chi connectivity index (χ3v) is 2.88. The van der Waals surface area contributed by atoms with E-state index in [0.717, 1.165) is 0 Å². The van der Waals surface area contributed by atoms with E-state index in [1.807, 2.05) is 0 Å². The Morgan fingerprint density at radius 2 is 2.27 bits per heavy atom. The van der Waals surface area contributed by atoms with Crippen molar-refractivity contribution < 1.29 is 0 Å². The summed E-state index contributed by atoms with van der Waals surface area (Å²) in [6.07, 6.45) is 11.2. The molecule has 1 aliphatic heterocycles. The summed E-state index contributed by atoms with van der Waals surface area (Å²) >= 11 is 2.45. The van der Waals surface area contributed by atoms with Crippen molar-refractivity contribution in [2.75, 3.05) is 6.54 Å². The van der Waals surface area contributed by atoms with Crippen LogP contribution in [0.25, 0.3) is 0 Å². The summed E-state index contributed by atoms with van der Waals surface area (Å²) in [5, 5.41) is 0. The van der Waals surface area contributed by atoms with Crippen LogP contribution in [-0.4, -0.2) is 15.5 Å². The van der Waals surface area contributed by atoms with Gasteiger partial charge in [-0.3, -0.25) is 0 Å². The molecule has 1 nitrogen and oxygen atoms in total. The van der Waals surface area contributed by atoms with Gasteiger partial charge in [-0.25, -0.2) is 0 Å². The summed E-state index contributed by atoms with van der Waals surface area (Å²) in [6.45, 7) is 3.41. The summed E-state index contributed by atoms with van der Waals surface area (Å²) in [6, 6.07) is 0. The van der Waals surface area contributed by atoms with E-state index in [0.29, 0.717) is 4.05 Å². The number of unbranched alkanes of at least 4 members (excludes halogenated alkanes) is 1. The van der Waals surface area contributed by atoms with E-state index in [4.69, 9.17) is 0 Å². The van der Waals surface area contributed by atoms with Crippen molar-refractivity contribution in [1.29, 1.82) is 0 Å². The normalized spacial score (nSPS) is 22.7. The second-order valence-corrected chi connectivity index (χ2v) is 3.97. The molecule has 0 saturated carbocycles. The van der Waals surface area contributed by atoms with Crippen LogP contribution in [0, 0.1) is 0 Å². The predicted octanol–water partition coefficient (Wildman–Crippen LogP) is 2.93. The lowest BCUT2D eigenvalue weighted by Crippen LogP contribution is -2.26. The van der Waals surface area contributed by atoms with Gasteiger partial charge in [0.1, 0.15) is 0 Å².